The minimum absolute atomic E-state index is 0.0171. The molecule has 25 heavy (non-hydrogen) atoms. The van der Waals surface area contributed by atoms with Crippen LogP contribution in [-0.2, 0) is 21.2 Å². The van der Waals surface area contributed by atoms with E-state index in [0.717, 1.165) is 32.1 Å². The van der Waals surface area contributed by atoms with Gasteiger partial charge in [-0.3, -0.25) is 4.79 Å². The molecule has 2 rings (SSSR count). The topological polar surface area (TPSA) is 66.5 Å². The van der Waals surface area contributed by atoms with Crippen molar-refractivity contribution in [3.05, 3.63) is 35.9 Å². The SMILES string of the molecule is O=C(CCCCS(=O)(=O)N1CCCCC1)NCCCc1ccccc1. The number of rotatable bonds is 10. The first-order chi connectivity index (χ1) is 12.1. The molecular formula is C19H30N2O3S. The molecule has 1 heterocycles. The highest BCUT2D eigenvalue weighted by Gasteiger charge is 2.23. The van der Waals surface area contributed by atoms with Crippen LogP contribution in [0.1, 0.15) is 50.5 Å². The van der Waals surface area contributed by atoms with Gasteiger partial charge < -0.3 is 5.32 Å². The molecule has 1 aromatic rings. The Hall–Kier alpha value is -1.40. The second-order valence-electron chi connectivity index (χ2n) is 6.67. The summed E-state index contributed by atoms with van der Waals surface area (Å²) in [6, 6.07) is 10.2. The van der Waals surface area contributed by atoms with E-state index < -0.39 is 10.0 Å². The fraction of sp³-hybridized carbons (Fsp3) is 0.632. The highest BCUT2D eigenvalue weighted by atomic mass is 32.2. The standard InChI is InChI=1S/C19H30N2O3S/c22-19(20-14-9-12-18-10-3-1-4-11-18)13-5-8-17-25(23,24)21-15-6-2-7-16-21/h1,3-4,10-11H,2,5-9,12-17H2,(H,20,22). The molecule has 0 atom stereocenters. The lowest BCUT2D eigenvalue weighted by molar-refractivity contribution is -0.121. The van der Waals surface area contributed by atoms with Crippen molar-refractivity contribution in [1.82, 2.24) is 9.62 Å². The third kappa shape index (κ3) is 7.57. The van der Waals surface area contributed by atoms with Crippen LogP contribution in [0.3, 0.4) is 0 Å². The summed E-state index contributed by atoms with van der Waals surface area (Å²) in [6.45, 7) is 1.98. The minimum Gasteiger partial charge on any atom is -0.356 e. The maximum atomic E-state index is 12.2. The Bertz CT molecular complexity index is 611. The molecule has 0 saturated carbocycles. The molecule has 1 fully saturated rings. The first-order valence-corrected chi connectivity index (χ1v) is 11.0. The Labute approximate surface area is 151 Å². The number of nitrogens with zero attached hydrogens (tertiary/aromatic N) is 1. The summed E-state index contributed by atoms with van der Waals surface area (Å²) in [5.41, 5.74) is 1.28. The smallest absolute Gasteiger partial charge is 0.219 e. The van der Waals surface area contributed by atoms with Crippen LogP contribution in [-0.4, -0.2) is 44.0 Å². The van der Waals surface area contributed by atoms with Gasteiger partial charge in [-0.25, -0.2) is 12.7 Å². The molecule has 0 radical (unpaired) electrons. The Balaban J connectivity index is 1.53. The quantitative estimate of drug-likeness (QED) is 0.648. The largest absolute Gasteiger partial charge is 0.356 e. The fourth-order valence-corrected chi connectivity index (χ4v) is 4.74. The summed E-state index contributed by atoms with van der Waals surface area (Å²) in [5.74, 6) is 0.178. The zero-order chi connectivity index (χ0) is 18.0. The number of aryl methyl sites for hydroxylation is 1. The van der Waals surface area contributed by atoms with E-state index in [-0.39, 0.29) is 11.7 Å². The molecule has 0 aliphatic carbocycles. The minimum atomic E-state index is -3.13. The van der Waals surface area contributed by atoms with Gasteiger partial charge >= 0.3 is 0 Å². The van der Waals surface area contributed by atoms with Gasteiger partial charge in [-0.15, -0.1) is 0 Å². The molecular weight excluding hydrogens is 336 g/mol. The molecule has 0 spiro atoms. The average Bonchev–Trinajstić information content (AvgIpc) is 2.64. The van der Waals surface area contributed by atoms with Crippen molar-refractivity contribution in [2.45, 2.75) is 51.4 Å². The van der Waals surface area contributed by atoms with Crippen molar-refractivity contribution in [2.75, 3.05) is 25.4 Å². The number of carbonyl (C=O) groups is 1. The second kappa shape index (κ2) is 10.6. The van der Waals surface area contributed by atoms with Crippen molar-refractivity contribution < 1.29 is 13.2 Å². The van der Waals surface area contributed by atoms with Crippen LogP contribution in [0.25, 0.3) is 0 Å². The zero-order valence-electron chi connectivity index (χ0n) is 15.0. The molecule has 1 saturated heterocycles. The second-order valence-corrected chi connectivity index (χ2v) is 8.76. The van der Waals surface area contributed by atoms with Gasteiger partial charge in [-0.2, -0.15) is 0 Å². The molecule has 0 unspecified atom stereocenters. The van der Waals surface area contributed by atoms with E-state index in [1.54, 1.807) is 4.31 Å². The van der Waals surface area contributed by atoms with Crippen molar-refractivity contribution >= 4 is 15.9 Å². The molecule has 1 aromatic carbocycles. The van der Waals surface area contributed by atoms with Gasteiger partial charge in [0.15, 0.2) is 0 Å². The van der Waals surface area contributed by atoms with Crippen LogP contribution in [0, 0.1) is 0 Å². The van der Waals surface area contributed by atoms with Crippen molar-refractivity contribution in [3.8, 4) is 0 Å². The van der Waals surface area contributed by atoms with Crippen molar-refractivity contribution in [1.29, 1.82) is 0 Å². The molecule has 5 nitrogen and oxygen atoms in total. The lowest BCUT2D eigenvalue weighted by atomic mass is 10.1. The molecule has 1 aliphatic rings. The summed E-state index contributed by atoms with van der Waals surface area (Å²) in [4.78, 5) is 11.8. The number of hydrogen-bond acceptors (Lipinski definition) is 3. The molecule has 1 N–H and O–H groups in total. The van der Waals surface area contributed by atoms with Gasteiger partial charge in [0, 0.05) is 26.1 Å². The van der Waals surface area contributed by atoms with E-state index in [1.807, 2.05) is 18.2 Å². The van der Waals surface area contributed by atoms with E-state index in [0.29, 0.717) is 38.9 Å². The van der Waals surface area contributed by atoms with Gasteiger partial charge in [0.1, 0.15) is 0 Å². The Kier molecular flexibility index (Phi) is 8.41. The van der Waals surface area contributed by atoms with Crippen molar-refractivity contribution in [3.63, 3.8) is 0 Å². The first kappa shape index (κ1) is 19.9. The van der Waals surface area contributed by atoms with Crippen LogP contribution in [0.4, 0.5) is 0 Å². The number of amides is 1. The Morgan fingerprint density at radius 2 is 1.72 bits per heavy atom. The van der Waals surface area contributed by atoms with Crippen LogP contribution < -0.4 is 5.32 Å². The normalized spacial score (nSPS) is 15.8. The van der Waals surface area contributed by atoms with Gasteiger partial charge in [-0.05, 0) is 44.1 Å². The monoisotopic (exact) mass is 366 g/mol. The third-order valence-electron chi connectivity index (χ3n) is 4.57. The van der Waals surface area contributed by atoms with Crippen molar-refractivity contribution in [2.24, 2.45) is 0 Å². The zero-order valence-corrected chi connectivity index (χ0v) is 15.8. The predicted octanol–water partition coefficient (Wildman–Crippen LogP) is 2.72. The summed E-state index contributed by atoms with van der Waals surface area (Å²) in [6.07, 6.45) is 6.49. The number of sulfonamides is 1. The molecule has 140 valence electrons. The molecule has 1 amide bonds. The number of piperidine rings is 1. The first-order valence-electron chi connectivity index (χ1n) is 9.36. The highest BCUT2D eigenvalue weighted by molar-refractivity contribution is 7.89. The van der Waals surface area contributed by atoms with Gasteiger partial charge in [0.05, 0.1) is 5.75 Å². The van der Waals surface area contributed by atoms with E-state index in [2.05, 4.69) is 17.4 Å². The number of unbranched alkanes of at least 4 members (excludes halogenated alkanes) is 1. The summed E-state index contributed by atoms with van der Waals surface area (Å²) >= 11 is 0. The molecule has 6 heteroatoms. The van der Waals surface area contributed by atoms with Gasteiger partial charge in [-0.1, -0.05) is 36.8 Å². The lowest BCUT2D eigenvalue weighted by Gasteiger charge is -2.25. The maximum Gasteiger partial charge on any atom is 0.219 e. The number of nitrogens with one attached hydrogen (secondary N) is 1. The summed E-state index contributed by atoms with van der Waals surface area (Å²) < 4.78 is 26.0. The van der Waals surface area contributed by atoms with E-state index >= 15 is 0 Å². The number of hydrogen-bond donors (Lipinski definition) is 1. The van der Waals surface area contributed by atoms with E-state index in [1.165, 1.54) is 5.56 Å². The molecule has 0 aromatic heterocycles. The Morgan fingerprint density at radius 3 is 2.44 bits per heavy atom. The average molecular weight is 367 g/mol. The predicted molar refractivity (Wildman–Crippen MR) is 101 cm³/mol. The van der Waals surface area contributed by atoms with Gasteiger partial charge in [0.2, 0.25) is 15.9 Å². The van der Waals surface area contributed by atoms with E-state index in [4.69, 9.17) is 0 Å². The maximum absolute atomic E-state index is 12.2. The molecule has 1 aliphatic heterocycles. The number of carbonyl (C=O) groups excluding carboxylic acids is 1. The number of benzene rings is 1. The van der Waals surface area contributed by atoms with Crippen LogP contribution in [0.2, 0.25) is 0 Å². The summed E-state index contributed by atoms with van der Waals surface area (Å²) in [7, 11) is -3.13. The highest BCUT2D eigenvalue weighted by Crippen LogP contribution is 2.14. The van der Waals surface area contributed by atoms with Gasteiger partial charge in [0.25, 0.3) is 0 Å². The fourth-order valence-electron chi connectivity index (χ4n) is 3.10. The van der Waals surface area contributed by atoms with Crippen LogP contribution in [0.15, 0.2) is 30.3 Å². The summed E-state index contributed by atoms with van der Waals surface area (Å²) in [5, 5.41) is 2.92. The third-order valence-corrected chi connectivity index (χ3v) is 6.53. The van der Waals surface area contributed by atoms with E-state index in [9.17, 15) is 13.2 Å². The van der Waals surface area contributed by atoms with Crippen LogP contribution in [0.5, 0.6) is 0 Å². The molecule has 0 bridgehead atoms. The Morgan fingerprint density at radius 1 is 1.00 bits per heavy atom. The van der Waals surface area contributed by atoms with Crippen LogP contribution >= 0.6 is 0 Å². The lowest BCUT2D eigenvalue weighted by Crippen LogP contribution is -2.37.